The Morgan fingerprint density at radius 1 is 0.789 bits per heavy atom. The highest BCUT2D eigenvalue weighted by Gasteiger charge is 2.71. The predicted octanol–water partition coefficient (Wildman–Crippen LogP) is 8.61. The van der Waals surface area contributed by atoms with Crippen molar-refractivity contribution in [2.24, 2.45) is 57.2 Å². The molecule has 0 aromatic carbocycles. The average Bonchev–Trinajstić information content (AvgIpc) is 3.16. The molecule has 0 aromatic heterocycles. The molecule has 38 heavy (non-hydrogen) atoms. The highest BCUT2D eigenvalue weighted by atomic mass is 16.5. The Balaban J connectivity index is 1.67. The van der Waals surface area contributed by atoms with Gasteiger partial charge in [0.2, 0.25) is 0 Å². The Morgan fingerprint density at radius 3 is 2.03 bits per heavy atom. The third kappa shape index (κ3) is 4.76. The molecule has 0 bridgehead atoms. The molecule has 0 saturated heterocycles. The van der Waals surface area contributed by atoms with Gasteiger partial charge in [0.15, 0.2) is 0 Å². The van der Waals surface area contributed by atoms with Gasteiger partial charge in [-0.25, -0.2) is 0 Å². The molecule has 4 fully saturated rings. The molecule has 0 N–H and O–H groups in total. The summed E-state index contributed by atoms with van der Waals surface area (Å²) in [6.45, 7) is 22.7. The summed E-state index contributed by atoms with van der Waals surface area (Å²) >= 11 is 0. The molecule has 4 saturated carbocycles. The molecule has 4 aliphatic carbocycles. The standard InChI is InChI=1S/C34H58O4/c1-21(2)12-11-13-22(3)25-14-18-34(10)30(25)26(37-23(4)35)20-28-32(8)17-16-29(38-24(5)36)31(6,7)27(32)15-19-33(28,34)9/h21-22,25-30H,11-20H2,1-10H3/t22-,25-,26-,27+,28-,29+,30+,32+,33-,34-/m1/s1. The van der Waals surface area contributed by atoms with E-state index in [-0.39, 0.29) is 45.8 Å². The lowest BCUT2D eigenvalue weighted by atomic mass is 9.35. The first-order chi connectivity index (χ1) is 17.6. The number of esters is 2. The van der Waals surface area contributed by atoms with Crippen LogP contribution in [0.1, 0.15) is 133 Å². The fraction of sp³-hybridized carbons (Fsp3) is 0.941. The molecule has 0 aromatic rings. The molecule has 4 nitrogen and oxygen atoms in total. The quantitative estimate of drug-likeness (QED) is 0.309. The van der Waals surface area contributed by atoms with Crippen LogP contribution in [0.15, 0.2) is 0 Å². The normalized spacial score (nSPS) is 44.5. The zero-order chi connectivity index (χ0) is 28.3. The van der Waals surface area contributed by atoms with Crippen molar-refractivity contribution in [1.29, 1.82) is 0 Å². The lowest BCUT2D eigenvalue weighted by molar-refractivity contribution is -0.248. The molecule has 0 spiro atoms. The van der Waals surface area contributed by atoms with Crippen LogP contribution >= 0.6 is 0 Å². The van der Waals surface area contributed by atoms with Crippen LogP contribution in [0.3, 0.4) is 0 Å². The lowest BCUT2D eigenvalue weighted by Crippen LogP contribution is -2.66. The molecule has 0 heterocycles. The maximum Gasteiger partial charge on any atom is 0.302 e. The summed E-state index contributed by atoms with van der Waals surface area (Å²) in [5.41, 5.74) is 0.506. The molecule has 0 aliphatic heterocycles. The Bertz CT molecular complexity index is 893. The number of hydrogen-bond donors (Lipinski definition) is 0. The summed E-state index contributed by atoms with van der Waals surface area (Å²) in [5.74, 6) is 3.25. The van der Waals surface area contributed by atoms with E-state index in [1.54, 1.807) is 13.8 Å². The molecule has 0 unspecified atom stereocenters. The van der Waals surface area contributed by atoms with Gasteiger partial charge in [0, 0.05) is 25.2 Å². The summed E-state index contributed by atoms with van der Waals surface area (Å²) in [5, 5.41) is 0. The van der Waals surface area contributed by atoms with Crippen molar-refractivity contribution in [3.63, 3.8) is 0 Å². The van der Waals surface area contributed by atoms with Crippen molar-refractivity contribution in [2.45, 2.75) is 146 Å². The van der Waals surface area contributed by atoms with Gasteiger partial charge >= 0.3 is 11.9 Å². The van der Waals surface area contributed by atoms with Crippen LogP contribution in [0.2, 0.25) is 0 Å². The summed E-state index contributed by atoms with van der Waals surface area (Å²) < 4.78 is 12.2. The maximum atomic E-state index is 12.5. The van der Waals surface area contributed by atoms with Crippen molar-refractivity contribution < 1.29 is 19.1 Å². The molecule has 0 amide bonds. The van der Waals surface area contributed by atoms with E-state index in [4.69, 9.17) is 9.47 Å². The van der Waals surface area contributed by atoms with E-state index in [9.17, 15) is 9.59 Å². The van der Waals surface area contributed by atoms with Crippen molar-refractivity contribution in [2.75, 3.05) is 0 Å². The minimum absolute atomic E-state index is 0.0128. The third-order valence-electron chi connectivity index (χ3n) is 13.2. The minimum Gasteiger partial charge on any atom is -0.462 e. The van der Waals surface area contributed by atoms with E-state index in [2.05, 4.69) is 55.4 Å². The highest BCUT2D eigenvalue weighted by Crippen LogP contribution is 2.76. The van der Waals surface area contributed by atoms with Gasteiger partial charge in [0.25, 0.3) is 0 Å². The summed E-state index contributed by atoms with van der Waals surface area (Å²) in [4.78, 5) is 24.5. The fourth-order valence-corrected chi connectivity index (χ4v) is 11.2. The number of hydrogen-bond acceptors (Lipinski definition) is 4. The van der Waals surface area contributed by atoms with Crippen LogP contribution in [-0.2, 0) is 19.1 Å². The van der Waals surface area contributed by atoms with Crippen molar-refractivity contribution in [1.82, 2.24) is 0 Å². The van der Waals surface area contributed by atoms with Crippen molar-refractivity contribution in [3.05, 3.63) is 0 Å². The summed E-state index contributed by atoms with van der Waals surface area (Å²) in [6, 6.07) is 0. The van der Waals surface area contributed by atoms with Crippen LogP contribution in [0, 0.1) is 57.2 Å². The number of carbonyl (C=O) groups excluding carboxylic acids is 2. The predicted molar refractivity (Wildman–Crippen MR) is 153 cm³/mol. The van der Waals surface area contributed by atoms with E-state index in [0.29, 0.717) is 29.6 Å². The van der Waals surface area contributed by atoms with Crippen LogP contribution in [0.4, 0.5) is 0 Å². The molecular weight excluding hydrogens is 472 g/mol. The lowest BCUT2D eigenvalue weighted by Gasteiger charge is -2.70. The Morgan fingerprint density at radius 2 is 1.42 bits per heavy atom. The van der Waals surface area contributed by atoms with Gasteiger partial charge in [0.1, 0.15) is 12.2 Å². The van der Waals surface area contributed by atoms with Gasteiger partial charge < -0.3 is 9.47 Å². The van der Waals surface area contributed by atoms with Crippen LogP contribution < -0.4 is 0 Å². The van der Waals surface area contributed by atoms with E-state index in [0.717, 1.165) is 25.2 Å². The first kappa shape index (κ1) is 29.9. The maximum absolute atomic E-state index is 12.5. The number of rotatable bonds is 7. The Hall–Kier alpha value is -1.06. The molecule has 4 heteroatoms. The van der Waals surface area contributed by atoms with Crippen LogP contribution in [0.25, 0.3) is 0 Å². The Labute approximate surface area is 233 Å². The van der Waals surface area contributed by atoms with Crippen LogP contribution in [0.5, 0.6) is 0 Å². The SMILES string of the molecule is CC(=O)O[C@H]1CC[C@]2(C)[C@H]3C[C@@H](OC(C)=O)[C@@H]4[C@@H]([C@H](C)CCCC(C)C)CC[C@@]4(C)[C@]3(C)CC[C@H]2C1(C)C. The first-order valence-corrected chi connectivity index (χ1v) is 15.9. The average molecular weight is 531 g/mol. The fourth-order valence-electron chi connectivity index (χ4n) is 11.2. The minimum atomic E-state index is -0.158. The topological polar surface area (TPSA) is 52.6 Å². The molecule has 10 atom stereocenters. The number of fused-ring (bicyclic) bond motifs is 5. The van der Waals surface area contributed by atoms with Gasteiger partial charge in [-0.2, -0.15) is 0 Å². The molecule has 4 rings (SSSR count). The van der Waals surface area contributed by atoms with Gasteiger partial charge in [-0.3, -0.25) is 9.59 Å². The second-order valence-electron chi connectivity index (χ2n) is 15.9. The largest absolute Gasteiger partial charge is 0.462 e. The second-order valence-corrected chi connectivity index (χ2v) is 15.9. The van der Waals surface area contributed by atoms with E-state index < -0.39 is 0 Å². The van der Waals surface area contributed by atoms with E-state index >= 15 is 0 Å². The highest BCUT2D eigenvalue weighted by molar-refractivity contribution is 5.66. The van der Waals surface area contributed by atoms with Gasteiger partial charge in [-0.15, -0.1) is 0 Å². The number of carbonyl (C=O) groups is 2. The van der Waals surface area contributed by atoms with Crippen molar-refractivity contribution in [3.8, 4) is 0 Å². The molecular formula is C34H58O4. The third-order valence-corrected chi connectivity index (χ3v) is 13.2. The smallest absolute Gasteiger partial charge is 0.302 e. The summed E-state index contributed by atoms with van der Waals surface area (Å²) in [6.07, 6.45) is 11.8. The molecule has 218 valence electrons. The zero-order valence-electron chi connectivity index (χ0n) is 26.3. The van der Waals surface area contributed by atoms with Gasteiger partial charge in [-0.05, 0) is 90.8 Å². The number of ether oxygens (including phenoxy) is 2. The zero-order valence-corrected chi connectivity index (χ0v) is 26.3. The Kier molecular flexibility index (Phi) is 8.19. The van der Waals surface area contributed by atoms with E-state index in [1.807, 2.05) is 0 Å². The van der Waals surface area contributed by atoms with Gasteiger partial charge in [-0.1, -0.05) is 74.7 Å². The first-order valence-electron chi connectivity index (χ1n) is 15.9. The molecule has 4 aliphatic rings. The van der Waals surface area contributed by atoms with Gasteiger partial charge in [0.05, 0.1) is 0 Å². The van der Waals surface area contributed by atoms with Crippen LogP contribution in [-0.4, -0.2) is 24.1 Å². The monoisotopic (exact) mass is 530 g/mol. The summed E-state index contributed by atoms with van der Waals surface area (Å²) in [7, 11) is 0. The van der Waals surface area contributed by atoms with Crippen molar-refractivity contribution >= 4 is 11.9 Å². The second kappa shape index (κ2) is 10.4. The van der Waals surface area contributed by atoms with E-state index in [1.165, 1.54) is 44.9 Å². The molecule has 0 radical (unpaired) electrons.